The highest BCUT2D eigenvalue weighted by molar-refractivity contribution is 9.10. The molecular weight excluding hydrogens is 310 g/mol. The molecule has 0 aromatic carbocycles. The largest absolute Gasteiger partial charge is 0.341 e. The molecule has 2 heterocycles. The van der Waals surface area contributed by atoms with Crippen molar-refractivity contribution >= 4 is 27.7 Å². The Morgan fingerprint density at radius 2 is 2.05 bits per heavy atom. The van der Waals surface area contributed by atoms with Crippen molar-refractivity contribution in [3.63, 3.8) is 0 Å². The smallest absolute Gasteiger partial charge is 0.272 e. The fourth-order valence-corrected chi connectivity index (χ4v) is 2.27. The van der Waals surface area contributed by atoms with E-state index in [4.69, 9.17) is 0 Å². The number of likely N-dealkylation sites (tertiary alicyclic amines) is 1. The minimum atomic E-state index is -0.236. The van der Waals surface area contributed by atoms with Crippen LogP contribution in [0.15, 0.2) is 22.8 Å². The lowest BCUT2D eigenvalue weighted by molar-refractivity contribution is -0.130. The van der Waals surface area contributed by atoms with Crippen LogP contribution in [0.2, 0.25) is 0 Å². The van der Waals surface area contributed by atoms with Crippen LogP contribution in [0.1, 0.15) is 23.3 Å². The number of rotatable bonds is 3. The molecule has 2 rings (SSSR count). The molecule has 0 radical (unpaired) electrons. The third-order valence-corrected chi connectivity index (χ3v) is 3.59. The molecule has 6 heteroatoms. The Labute approximate surface area is 120 Å². The molecule has 2 amide bonds. The van der Waals surface area contributed by atoms with Crippen molar-refractivity contribution < 1.29 is 9.59 Å². The molecule has 1 aromatic rings. The zero-order chi connectivity index (χ0) is 13.8. The molecule has 0 aliphatic carbocycles. The zero-order valence-corrected chi connectivity index (χ0v) is 12.4. The second-order valence-electron chi connectivity index (χ2n) is 4.61. The Bertz CT molecular complexity index is 469. The monoisotopic (exact) mass is 325 g/mol. The van der Waals surface area contributed by atoms with Crippen molar-refractivity contribution in [3.05, 3.63) is 28.5 Å². The molecule has 19 heavy (non-hydrogen) atoms. The summed E-state index contributed by atoms with van der Waals surface area (Å²) in [5.74, 6) is -0.231. The van der Waals surface area contributed by atoms with E-state index < -0.39 is 0 Å². The SMILES string of the molecule is CN(CC(=O)N1CCCC1)C(=O)c1ccc(Br)cn1. The van der Waals surface area contributed by atoms with E-state index in [0.717, 1.165) is 30.4 Å². The van der Waals surface area contributed by atoms with E-state index in [0.29, 0.717) is 5.69 Å². The van der Waals surface area contributed by atoms with Crippen LogP contribution >= 0.6 is 15.9 Å². The molecular formula is C13H16BrN3O2. The van der Waals surface area contributed by atoms with Crippen LogP contribution in [0.5, 0.6) is 0 Å². The van der Waals surface area contributed by atoms with Gasteiger partial charge < -0.3 is 9.80 Å². The topological polar surface area (TPSA) is 53.5 Å². The van der Waals surface area contributed by atoms with Crippen molar-refractivity contribution in [2.45, 2.75) is 12.8 Å². The standard InChI is InChI=1S/C13H16BrN3O2/c1-16(9-12(18)17-6-2-3-7-17)13(19)11-5-4-10(14)8-15-11/h4-5,8H,2-3,6-7,9H2,1H3. The molecule has 5 nitrogen and oxygen atoms in total. The first kappa shape index (κ1) is 14.0. The van der Waals surface area contributed by atoms with Gasteiger partial charge in [-0.3, -0.25) is 9.59 Å². The molecule has 102 valence electrons. The Morgan fingerprint density at radius 3 is 2.63 bits per heavy atom. The summed E-state index contributed by atoms with van der Waals surface area (Å²) in [6.07, 6.45) is 3.68. The van der Waals surface area contributed by atoms with Crippen molar-refractivity contribution in [2.75, 3.05) is 26.7 Å². The normalized spacial score (nSPS) is 14.5. The molecule has 1 aromatic heterocycles. The molecule has 1 aliphatic rings. The summed E-state index contributed by atoms with van der Waals surface area (Å²) in [5, 5.41) is 0. The summed E-state index contributed by atoms with van der Waals surface area (Å²) in [6.45, 7) is 1.71. The molecule has 0 N–H and O–H groups in total. The van der Waals surface area contributed by atoms with Gasteiger partial charge in [-0.15, -0.1) is 0 Å². The highest BCUT2D eigenvalue weighted by atomic mass is 79.9. The van der Waals surface area contributed by atoms with Gasteiger partial charge in [-0.05, 0) is 40.9 Å². The maximum Gasteiger partial charge on any atom is 0.272 e. The third-order valence-electron chi connectivity index (χ3n) is 3.12. The number of pyridine rings is 1. The number of carbonyl (C=O) groups excluding carboxylic acids is 2. The number of nitrogens with zero attached hydrogens (tertiary/aromatic N) is 3. The van der Waals surface area contributed by atoms with E-state index in [2.05, 4.69) is 20.9 Å². The van der Waals surface area contributed by atoms with Crippen LogP contribution in [0.3, 0.4) is 0 Å². The minimum absolute atomic E-state index is 0.00506. The molecule has 0 atom stereocenters. The van der Waals surface area contributed by atoms with Crippen LogP contribution in [-0.2, 0) is 4.79 Å². The van der Waals surface area contributed by atoms with Crippen LogP contribution in [0, 0.1) is 0 Å². The summed E-state index contributed by atoms with van der Waals surface area (Å²) >= 11 is 3.27. The van der Waals surface area contributed by atoms with Gasteiger partial charge in [0, 0.05) is 30.8 Å². The van der Waals surface area contributed by atoms with Gasteiger partial charge in [-0.1, -0.05) is 0 Å². The Hall–Kier alpha value is -1.43. The van der Waals surface area contributed by atoms with Crippen LogP contribution < -0.4 is 0 Å². The van der Waals surface area contributed by atoms with Gasteiger partial charge in [0.05, 0.1) is 6.54 Å². The lowest BCUT2D eigenvalue weighted by atomic mass is 10.3. The molecule has 0 unspecified atom stereocenters. The van der Waals surface area contributed by atoms with E-state index in [9.17, 15) is 9.59 Å². The van der Waals surface area contributed by atoms with E-state index >= 15 is 0 Å². The van der Waals surface area contributed by atoms with E-state index in [1.54, 1.807) is 30.3 Å². The predicted octanol–water partition coefficient (Wildman–Crippen LogP) is 1.54. The van der Waals surface area contributed by atoms with Crippen molar-refractivity contribution in [3.8, 4) is 0 Å². The van der Waals surface area contributed by atoms with Gasteiger partial charge in [-0.25, -0.2) is 4.98 Å². The first-order valence-corrected chi connectivity index (χ1v) is 7.02. The molecule has 1 saturated heterocycles. The highest BCUT2D eigenvalue weighted by Gasteiger charge is 2.22. The summed E-state index contributed by atoms with van der Waals surface area (Å²) in [4.78, 5) is 31.3. The number of aromatic nitrogens is 1. The van der Waals surface area contributed by atoms with Gasteiger partial charge >= 0.3 is 0 Å². The lowest BCUT2D eigenvalue weighted by Gasteiger charge is -2.21. The summed E-state index contributed by atoms with van der Waals surface area (Å²) in [5.41, 5.74) is 0.347. The predicted molar refractivity (Wildman–Crippen MR) is 74.7 cm³/mol. The molecule has 0 saturated carbocycles. The number of hydrogen-bond donors (Lipinski definition) is 0. The summed E-state index contributed by atoms with van der Waals surface area (Å²) in [7, 11) is 1.63. The maximum atomic E-state index is 12.1. The second-order valence-corrected chi connectivity index (χ2v) is 5.53. The van der Waals surface area contributed by atoms with Crippen LogP contribution in [0.25, 0.3) is 0 Å². The number of hydrogen-bond acceptors (Lipinski definition) is 3. The Morgan fingerprint density at radius 1 is 1.37 bits per heavy atom. The number of carbonyl (C=O) groups is 2. The van der Waals surface area contributed by atoms with Gasteiger partial charge in [0.25, 0.3) is 5.91 Å². The van der Waals surface area contributed by atoms with Gasteiger partial charge in [0.15, 0.2) is 0 Å². The average Bonchev–Trinajstić information content (AvgIpc) is 2.92. The summed E-state index contributed by atoms with van der Waals surface area (Å²) < 4.78 is 0.819. The minimum Gasteiger partial charge on any atom is -0.341 e. The van der Waals surface area contributed by atoms with Crippen LogP contribution in [-0.4, -0.2) is 53.3 Å². The quantitative estimate of drug-likeness (QED) is 0.847. The van der Waals surface area contributed by atoms with E-state index in [-0.39, 0.29) is 18.4 Å². The fourth-order valence-electron chi connectivity index (χ4n) is 2.04. The highest BCUT2D eigenvalue weighted by Crippen LogP contribution is 2.10. The van der Waals surface area contributed by atoms with E-state index in [1.807, 2.05) is 0 Å². The zero-order valence-electron chi connectivity index (χ0n) is 10.8. The van der Waals surface area contributed by atoms with Crippen LogP contribution in [0.4, 0.5) is 0 Å². The molecule has 0 spiro atoms. The number of likely N-dealkylation sites (N-methyl/N-ethyl adjacent to an activating group) is 1. The third kappa shape index (κ3) is 3.53. The van der Waals surface area contributed by atoms with Gasteiger partial charge in [0.2, 0.25) is 5.91 Å². The first-order valence-electron chi connectivity index (χ1n) is 6.23. The second kappa shape index (κ2) is 6.14. The average molecular weight is 326 g/mol. The van der Waals surface area contributed by atoms with Gasteiger partial charge in [0.1, 0.15) is 5.69 Å². The van der Waals surface area contributed by atoms with Crippen molar-refractivity contribution in [1.82, 2.24) is 14.8 Å². The Balaban J connectivity index is 1.95. The fraction of sp³-hybridized carbons (Fsp3) is 0.462. The number of amides is 2. The summed E-state index contributed by atoms with van der Waals surface area (Å²) in [6, 6.07) is 3.40. The number of halogens is 1. The first-order chi connectivity index (χ1) is 9.08. The molecule has 0 bridgehead atoms. The lowest BCUT2D eigenvalue weighted by Crippen LogP contribution is -2.40. The van der Waals surface area contributed by atoms with Gasteiger partial charge in [-0.2, -0.15) is 0 Å². The molecule has 1 fully saturated rings. The van der Waals surface area contributed by atoms with Crippen molar-refractivity contribution in [1.29, 1.82) is 0 Å². The Kier molecular flexibility index (Phi) is 4.52. The molecule has 1 aliphatic heterocycles. The van der Waals surface area contributed by atoms with E-state index in [1.165, 1.54) is 4.90 Å². The maximum absolute atomic E-state index is 12.1. The van der Waals surface area contributed by atoms with Crippen molar-refractivity contribution in [2.24, 2.45) is 0 Å².